The summed E-state index contributed by atoms with van der Waals surface area (Å²) in [7, 11) is 0. The van der Waals surface area contributed by atoms with Gasteiger partial charge in [-0.2, -0.15) is 5.26 Å². The van der Waals surface area contributed by atoms with Crippen LogP contribution in [-0.2, 0) is 11.3 Å². The number of hydrogen-bond acceptors (Lipinski definition) is 3. The maximum Gasteiger partial charge on any atom is 0.323 e. The maximum atomic E-state index is 11.3. The number of nitrogens with zero attached hydrogens (tertiary/aromatic N) is 2. The molecule has 1 saturated carbocycles. The zero-order valence-corrected chi connectivity index (χ0v) is 11.0. The summed E-state index contributed by atoms with van der Waals surface area (Å²) in [5.41, 5.74) is 1.50. The van der Waals surface area contributed by atoms with Crippen molar-refractivity contribution in [3.63, 3.8) is 0 Å². The molecule has 0 atom stereocenters. The fraction of sp³-hybridized carbons (Fsp3) is 0.333. The number of carbonyl (C=O) groups is 1. The molecule has 102 valence electrons. The molecule has 2 heterocycles. The van der Waals surface area contributed by atoms with Crippen LogP contribution in [0.15, 0.2) is 30.6 Å². The zero-order chi connectivity index (χ0) is 14.2. The van der Waals surface area contributed by atoms with Crippen molar-refractivity contribution in [3.8, 4) is 6.07 Å². The molecular formula is C15H15N3O2. The highest BCUT2D eigenvalue weighted by molar-refractivity contribution is 5.80. The van der Waals surface area contributed by atoms with Crippen LogP contribution in [0.5, 0.6) is 0 Å². The average molecular weight is 269 g/mol. The van der Waals surface area contributed by atoms with E-state index in [1.165, 1.54) is 0 Å². The van der Waals surface area contributed by atoms with E-state index < -0.39 is 11.5 Å². The number of nitrogens with one attached hydrogen (secondary N) is 1. The molecule has 20 heavy (non-hydrogen) atoms. The number of fused-ring (bicyclic) bond motifs is 1. The zero-order valence-electron chi connectivity index (χ0n) is 11.0. The minimum absolute atomic E-state index is 0.400. The second-order valence-electron chi connectivity index (χ2n) is 5.23. The minimum atomic E-state index is -0.805. The second kappa shape index (κ2) is 4.66. The van der Waals surface area contributed by atoms with Gasteiger partial charge in [0.05, 0.1) is 11.1 Å². The van der Waals surface area contributed by atoms with Gasteiger partial charge in [-0.05, 0) is 31.4 Å². The average Bonchev–Trinajstić information content (AvgIpc) is 2.74. The van der Waals surface area contributed by atoms with Crippen molar-refractivity contribution in [2.45, 2.75) is 31.3 Å². The molecule has 5 heteroatoms. The highest BCUT2D eigenvalue weighted by Crippen LogP contribution is 2.32. The Balaban J connectivity index is 1.88. The summed E-state index contributed by atoms with van der Waals surface area (Å²) >= 11 is 0. The first kappa shape index (κ1) is 12.7. The highest BCUT2D eigenvalue weighted by atomic mass is 16.4. The van der Waals surface area contributed by atoms with Gasteiger partial charge in [0, 0.05) is 24.5 Å². The van der Waals surface area contributed by atoms with Crippen LogP contribution in [0.4, 0.5) is 0 Å². The van der Waals surface area contributed by atoms with Gasteiger partial charge in [0.15, 0.2) is 0 Å². The molecule has 2 N–H and O–H groups in total. The fourth-order valence-electron chi connectivity index (χ4n) is 2.70. The van der Waals surface area contributed by atoms with Crippen LogP contribution < -0.4 is 5.32 Å². The van der Waals surface area contributed by atoms with Gasteiger partial charge in [0.25, 0.3) is 0 Å². The molecule has 0 unspecified atom stereocenters. The summed E-state index contributed by atoms with van der Waals surface area (Å²) in [6, 6.07) is 7.88. The van der Waals surface area contributed by atoms with Crippen LogP contribution in [-0.4, -0.2) is 21.0 Å². The van der Waals surface area contributed by atoms with Gasteiger partial charge in [0.1, 0.15) is 11.6 Å². The number of nitriles is 1. The van der Waals surface area contributed by atoms with E-state index in [-0.39, 0.29) is 0 Å². The summed E-state index contributed by atoms with van der Waals surface area (Å²) in [6.07, 6.45) is 6.00. The summed E-state index contributed by atoms with van der Waals surface area (Å²) in [6.45, 7) is 0.400. The van der Waals surface area contributed by atoms with E-state index in [9.17, 15) is 15.2 Å². The highest BCUT2D eigenvalue weighted by Gasteiger charge is 2.43. The molecule has 3 rings (SSSR count). The Morgan fingerprint density at radius 3 is 2.90 bits per heavy atom. The third-order valence-corrected chi connectivity index (χ3v) is 4.11. The van der Waals surface area contributed by atoms with Crippen molar-refractivity contribution >= 4 is 11.5 Å². The molecule has 0 aromatic carbocycles. The van der Waals surface area contributed by atoms with E-state index in [1.54, 1.807) is 0 Å². The van der Waals surface area contributed by atoms with E-state index in [0.717, 1.165) is 17.5 Å². The van der Waals surface area contributed by atoms with Gasteiger partial charge < -0.3 is 9.51 Å². The van der Waals surface area contributed by atoms with Crippen molar-refractivity contribution in [1.29, 1.82) is 5.26 Å². The first-order chi connectivity index (χ1) is 9.66. The fourth-order valence-corrected chi connectivity index (χ4v) is 2.70. The topological polar surface area (TPSA) is 77.5 Å². The number of aromatic nitrogens is 1. The number of pyridine rings is 1. The van der Waals surface area contributed by atoms with E-state index in [1.807, 2.05) is 35.0 Å². The molecule has 2 aromatic heterocycles. The monoisotopic (exact) mass is 269 g/mol. The predicted octanol–water partition coefficient (Wildman–Crippen LogP) is 1.91. The van der Waals surface area contributed by atoms with E-state index in [4.69, 9.17) is 0 Å². The Morgan fingerprint density at radius 1 is 1.50 bits per heavy atom. The molecular weight excluding hydrogens is 254 g/mol. The Labute approximate surface area is 116 Å². The number of hydrogen-bond donors (Lipinski definition) is 2. The number of rotatable bonds is 4. The SMILES string of the molecule is N#Cc1c(CNC2(C(=O)O)CCC2)cn2ccccc12. The van der Waals surface area contributed by atoms with Gasteiger partial charge in [-0.3, -0.25) is 10.1 Å². The molecule has 5 nitrogen and oxygen atoms in total. The molecule has 1 aliphatic rings. The molecule has 0 amide bonds. The van der Waals surface area contributed by atoms with Gasteiger partial charge in [-0.1, -0.05) is 6.07 Å². The molecule has 0 aliphatic heterocycles. The largest absolute Gasteiger partial charge is 0.480 e. The summed E-state index contributed by atoms with van der Waals surface area (Å²) in [4.78, 5) is 11.3. The Morgan fingerprint density at radius 2 is 2.30 bits per heavy atom. The number of carboxylic acids is 1. The van der Waals surface area contributed by atoms with Gasteiger partial charge in [-0.25, -0.2) is 0 Å². The summed E-state index contributed by atoms with van der Waals surface area (Å²) in [5, 5.41) is 21.7. The lowest BCUT2D eigenvalue weighted by Crippen LogP contribution is -2.56. The van der Waals surface area contributed by atoms with Crippen molar-refractivity contribution in [2.75, 3.05) is 0 Å². The standard InChI is InChI=1S/C15H15N3O2/c16-8-12-11(10-18-7-2-1-4-13(12)18)9-17-15(14(19)20)5-3-6-15/h1-2,4,7,10,17H,3,5-6,9H2,(H,19,20). The van der Waals surface area contributed by atoms with Crippen molar-refractivity contribution in [1.82, 2.24) is 9.72 Å². The predicted molar refractivity (Wildman–Crippen MR) is 73.2 cm³/mol. The third-order valence-electron chi connectivity index (χ3n) is 4.11. The van der Waals surface area contributed by atoms with Crippen molar-refractivity contribution in [3.05, 3.63) is 41.7 Å². The second-order valence-corrected chi connectivity index (χ2v) is 5.23. The van der Waals surface area contributed by atoms with Crippen LogP contribution >= 0.6 is 0 Å². The summed E-state index contributed by atoms with van der Waals surface area (Å²) in [5.74, 6) is -0.800. The van der Waals surface area contributed by atoms with Crippen LogP contribution in [0, 0.1) is 11.3 Å². The van der Waals surface area contributed by atoms with Gasteiger partial charge in [-0.15, -0.1) is 0 Å². The van der Waals surface area contributed by atoms with Crippen LogP contribution in [0.3, 0.4) is 0 Å². The molecule has 0 spiro atoms. The van der Waals surface area contributed by atoms with E-state index in [0.29, 0.717) is 24.9 Å². The van der Waals surface area contributed by atoms with Crippen LogP contribution in [0.1, 0.15) is 30.4 Å². The Hall–Kier alpha value is -2.32. The van der Waals surface area contributed by atoms with E-state index >= 15 is 0 Å². The molecule has 0 bridgehead atoms. The van der Waals surface area contributed by atoms with Gasteiger partial charge in [0.2, 0.25) is 0 Å². The quantitative estimate of drug-likeness (QED) is 0.888. The maximum absolute atomic E-state index is 11.3. The lowest BCUT2D eigenvalue weighted by molar-refractivity contribution is -0.148. The minimum Gasteiger partial charge on any atom is -0.480 e. The van der Waals surface area contributed by atoms with E-state index in [2.05, 4.69) is 11.4 Å². The normalized spacial score (nSPS) is 16.6. The van der Waals surface area contributed by atoms with Crippen molar-refractivity contribution in [2.24, 2.45) is 0 Å². The van der Waals surface area contributed by atoms with Gasteiger partial charge >= 0.3 is 5.97 Å². The molecule has 1 aliphatic carbocycles. The number of aliphatic carboxylic acids is 1. The smallest absolute Gasteiger partial charge is 0.323 e. The molecule has 1 fully saturated rings. The Kier molecular flexibility index (Phi) is 2.96. The molecule has 2 aromatic rings. The first-order valence-corrected chi connectivity index (χ1v) is 6.63. The lowest BCUT2D eigenvalue weighted by Gasteiger charge is -2.38. The Bertz CT molecular complexity index is 707. The van der Waals surface area contributed by atoms with Crippen LogP contribution in [0.25, 0.3) is 5.52 Å². The number of carboxylic acid groups (broad SMARTS) is 1. The lowest BCUT2D eigenvalue weighted by atomic mass is 9.76. The third kappa shape index (κ3) is 1.86. The summed E-state index contributed by atoms with van der Waals surface area (Å²) < 4.78 is 1.89. The molecule has 0 saturated heterocycles. The van der Waals surface area contributed by atoms with Crippen molar-refractivity contribution < 1.29 is 9.90 Å². The molecule has 0 radical (unpaired) electrons. The first-order valence-electron chi connectivity index (χ1n) is 6.63. The van der Waals surface area contributed by atoms with Crippen LogP contribution in [0.2, 0.25) is 0 Å².